The molecule has 2 aliphatic heterocycles. The summed E-state index contributed by atoms with van der Waals surface area (Å²) in [5.74, 6) is -0.466. The maximum Gasteiger partial charge on any atom is 0.273 e. The van der Waals surface area contributed by atoms with Crippen molar-refractivity contribution in [2.75, 3.05) is 26.3 Å². The van der Waals surface area contributed by atoms with Gasteiger partial charge in [0.2, 0.25) is 5.91 Å². The minimum Gasteiger partial charge on any atom is -0.378 e. The number of nitrogens with zero attached hydrogens (tertiary/aromatic N) is 2. The maximum absolute atomic E-state index is 12.8. The molecular weight excluding hydrogens is 326 g/mol. The van der Waals surface area contributed by atoms with E-state index in [1.807, 2.05) is 30.3 Å². The third-order valence-corrected chi connectivity index (χ3v) is 5.16. The van der Waals surface area contributed by atoms with E-state index < -0.39 is 0 Å². The quantitative estimate of drug-likeness (QED) is 0.895. The normalized spacial score (nSPS) is 23.5. The number of rotatable bonds is 2. The van der Waals surface area contributed by atoms with Gasteiger partial charge in [-0.1, -0.05) is 30.3 Å². The van der Waals surface area contributed by atoms with Gasteiger partial charge in [0.1, 0.15) is 10.7 Å². The molecule has 7 heteroatoms. The first-order valence-electron chi connectivity index (χ1n) is 7.89. The van der Waals surface area contributed by atoms with Gasteiger partial charge in [-0.25, -0.2) is 4.98 Å². The molecule has 0 spiro atoms. The zero-order valence-corrected chi connectivity index (χ0v) is 13.8. The Morgan fingerprint density at radius 1 is 1.25 bits per heavy atom. The summed E-state index contributed by atoms with van der Waals surface area (Å²) in [6.07, 6.45) is 0. The first-order chi connectivity index (χ1) is 11.7. The number of fused-ring (bicyclic) bond motifs is 3. The summed E-state index contributed by atoms with van der Waals surface area (Å²) in [7, 11) is 0. The molecule has 2 bridgehead atoms. The Hall–Kier alpha value is -2.25. The number of hydrogen-bond acceptors (Lipinski definition) is 5. The van der Waals surface area contributed by atoms with Crippen LogP contribution in [0, 0.1) is 5.92 Å². The Balaban J connectivity index is 1.56. The van der Waals surface area contributed by atoms with Crippen LogP contribution in [0.5, 0.6) is 0 Å². The van der Waals surface area contributed by atoms with E-state index in [1.165, 1.54) is 11.3 Å². The molecule has 0 radical (unpaired) electrons. The van der Waals surface area contributed by atoms with Crippen LogP contribution in [0.2, 0.25) is 0 Å². The molecule has 4 rings (SSSR count). The molecule has 0 saturated carbocycles. The van der Waals surface area contributed by atoms with E-state index in [2.05, 4.69) is 10.3 Å². The summed E-state index contributed by atoms with van der Waals surface area (Å²) in [4.78, 5) is 31.1. The van der Waals surface area contributed by atoms with Gasteiger partial charge in [0.25, 0.3) is 5.91 Å². The summed E-state index contributed by atoms with van der Waals surface area (Å²) >= 11 is 1.46. The van der Waals surface area contributed by atoms with Crippen molar-refractivity contribution in [1.29, 1.82) is 0 Å². The lowest BCUT2D eigenvalue weighted by atomic mass is 10.1. The van der Waals surface area contributed by atoms with Gasteiger partial charge in [-0.15, -0.1) is 11.3 Å². The van der Waals surface area contributed by atoms with Crippen LogP contribution >= 0.6 is 11.3 Å². The standard InChI is InChI=1S/C17H17N3O3S/c21-15-12-6-20(7-13(18-15)9-23-8-12)17(22)14-10-24-16(19-14)11-4-2-1-3-5-11/h1-5,10,12-13H,6-9H2,(H,18,21)/t12-,13+/m1/s1. The van der Waals surface area contributed by atoms with E-state index in [0.29, 0.717) is 32.0 Å². The molecule has 124 valence electrons. The average Bonchev–Trinajstić information content (AvgIpc) is 2.94. The van der Waals surface area contributed by atoms with Gasteiger partial charge in [0, 0.05) is 24.0 Å². The number of aromatic nitrogens is 1. The molecule has 2 saturated heterocycles. The van der Waals surface area contributed by atoms with Crippen molar-refractivity contribution >= 4 is 23.2 Å². The summed E-state index contributed by atoms with van der Waals surface area (Å²) < 4.78 is 5.49. The fourth-order valence-electron chi connectivity index (χ4n) is 3.04. The summed E-state index contributed by atoms with van der Waals surface area (Å²) in [5.41, 5.74) is 1.44. The topological polar surface area (TPSA) is 71.5 Å². The fourth-order valence-corrected chi connectivity index (χ4v) is 3.84. The molecule has 1 N–H and O–H groups in total. The monoisotopic (exact) mass is 343 g/mol. The van der Waals surface area contributed by atoms with Crippen molar-refractivity contribution in [3.63, 3.8) is 0 Å². The first-order valence-corrected chi connectivity index (χ1v) is 8.77. The number of carbonyl (C=O) groups is 2. The number of carbonyl (C=O) groups excluding carboxylic acids is 2. The highest BCUT2D eigenvalue weighted by Crippen LogP contribution is 2.24. The van der Waals surface area contributed by atoms with Gasteiger partial charge in [0.15, 0.2) is 0 Å². The van der Waals surface area contributed by atoms with Crippen LogP contribution in [0.3, 0.4) is 0 Å². The molecule has 0 aliphatic carbocycles. The van der Waals surface area contributed by atoms with Crippen LogP contribution < -0.4 is 5.32 Å². The van der Waals surface area contributed by atoms with E-state index in [1.54, 1.807) is 10.3 Å². The number of benzene rings is 1. The average molecular weight is 343 g/mol. The second-order valence-corrected chi connectivity index (χ2v) is 6.91. The van der Waals surface area contributed by atoms with Crippen molar-refractivity contribution < 1.29 is 14.3 Å². The molecule has 2 amide bonds. The van der Waals surface area contributed by atoms with Crippen LogP contribution in [-0.4, -0.2) is 54.0 Å². The third kappa shape index (κ3) is 2.92. The zero-order chi connectivity index (χ0) is 16.5. The molecular formula is C17H17N3O3S. The number of ether oxygens (including phenoxy) is 1. The molecule has 1 aromatic carbocycles. The van der Waals surface area contributed by atoms with Crippen LogP contribution in [0.1, 0.15) is 10.5 Å². The lowest BCUT2D eigenvalue weighted by molar-refractivity contribution is -0.125. The van der Waals surface area contributed by atoms with Crippen LogP contribution in [0.15, 0.2) is 35.7 Å². The lowest BCUT2D eigenvalue weighted by Gasteiger charge is -2.27. The van der Waals surface area contributed by atoms with E-state index in [-0.39, 0.29) is 23.8 Å². The van der Waals surface area contributed by atoms with Crippen molar-refractivity contribution in [2.45, 2.75) is 6.04 Å². The zero-order valence-electron chi connectivity index (χ0n) is 13.0. The van der Waals surface area contributed by atoms with E-state index in [9.17, 15) is 9.59 Å². The van der Waals surface area contributed by atoms with Crippen molar-refractivity contribution in [1.82, 2.24) is 15.2 Å². The number of thiazole rings is 1. The fraction of sp³-hybridized carbons (Fsp3) is 0.353. The minimum atomic E-state index is -0.311. The van der Waals surface area contributed by atoms with Gasteiger partial charge in [-0.05, 0) is 0 Å². The summed E-state index contributed by atoms with van der Waals surface area (Å²) in [6, 6.07) is 9.65. The summed E-state index contributed by atoms with van der Waals surface area (Å²) in [5, 5.41) is 5.55. The Morgan fingerprint density at radius 2 is 2.08 bits per heavy atom. The van der Waals surface area contributed by atoms with E-state index >= 15 is 0 Å². The Bertz CT molecular complexity index is 761. The van der Waals surface area contributed by atoms with E-state index in [0.717, 1.165) is 10.6 Å². The summed E-state index contributed by atoms with van der Waals surface area (Å²) in [6.45, 7) is 1.63. The van der Waals surface area contributed by atoms with Gasteiger partial charge in [-0.2, -0.15) is 0 Å². The van der Waals surface area contributed by atoms with Gasteiger partial charge in [-0.3, -0.25) is 9.59 Å². The smallest absolute Gasteiger partial charge is 0.273 e. The molecule has 2 aliphatic rings. The molecule has 24 heavy (non-hydrogen) atoms. The van der Waals surface area contributed by atoms with Crippen molar-refractivity contribution in [3.05, 3.63) is 41.4 Å². The predicted octanol–water partition coefficient (Wildman–Crippen LogP) is 1.40. The highest BCUT2D eigenvalue weighted by molar-refractivity contribution is 7.13. The van der Waals surface area contributed by atoms with Crippen LogP contribution in [-0.2, 0) is 9.53 Å². The SMILES string of the molecule is O=C1N[C@@H]2COC[C@H]1CN(C(=O)c1csc(-c3ccccc3)n1)C2. The lowest BCUT2D eigenvalue weighted by Crippen LogP contribution is -2.44. The van der Waals surface area contributed by atoms with Gasteiger partial charge >= 0.3 is 0 Å². The van der Waals surface area contributed by atoms with Crippen LogP contribution in [0.4, 0.5) is 0 Å². The molecule has 6 nitrogen and oxygen atoms in total. The molecule has 2 fully saturated rings. The predicted molar refractivity (Wildman–Crippen MR) is 89.7 cm³/mol. The molecule has 2 atom stereocenters. The second kappa shape index (κ2) is 6.33. The maximum atomic E-state index is 12.8. The first kappa shape index (κ1) is 15.3. The highest BCUT2D eigenvalue weighted by Gasteiger charge is 2.35. The molecule has 2 aromatic rings. The Labute approximate surface area is 143 Å². The number of hydrogen-bond donors (Lipinski definition) is 1. The Kier molecular flexibility index (Phi) is 4.03. The largest absolute Gasteiger partial charge is 0.378 e. The van der Waals surface area contributed by atoms with Gasteiger partial charge in [0.05, 0.1) is 25.2 Å². The third-order valence-electron chi connectivity index (χ3n) is 4.27. The Morgan fingerprint density at radius 3 is 2.92 bits per heavy atom. The molecule has 3 heterocycles. The van der Waals surface area contributed by atoms with E-state index in [4.69, 9.17) is 4.74 Å². The number of amides is 2. The molecule has 0 unspecified atom stereocenters. The van der Waals surface area contributed by atoms with Gasteiger partial charge < -0.3 is 15.0 Å². The highest BCUT2D eigenvalue weighted by atomic mass is 32.1. The number of nitrogens with one attached hydrogen (secondary N) is 1. The van der Waals surface area contributed by atoms with Crippen molar-refractivity contribution in [3.8, 4) is 10.6 Å². The second-order valence-electron chi connectivity index (χ2n) is 6.05. The minimum absolute atomic E-state index is 0.0314. The van der Waals surface area contributed by atoms with Crippen molar-refractivity contribution in [2.24, 2.45) is 5.92 Å². The molecule has 1 aromatic heterocycles. The van der Waals surface area contributed by atoms with Crippen LogP contribution in [0.25, 0.3) is 10.6 Å².